The molecule has 0 bridgehead atoms. The topological polar surface area (TPSA) is 70.1 Å². The molecule has 0 spiro atoms. The highest BCUT2D eigenvalue weighted by Gasteiger charge is 2.40. The molecule has 2 aliphatic heterocycles. The summed E-state index contributed by atoms with van der Waals surface area (Å²) in [5, 5.41) is 9.76. The lowest BCUT2D eigenvalue weighted by Crippen LogP contribution is -2.31. The molecule has 1 saturated heterocycles. The Morgan fingerprint density at radius 1 is 1.00 bits per heavy atom. The van der Waals surface area contributed by atoms with Gasteiger partial charge in [0.1, 0.15) is 0 Å². The monoisotopic (exact) mass is 330 g/mol. The number of rotatable bonds is 6. The van der Waals surface area contributed by atoms with Crippen LogP contribution in [0.4, 0.5) is 0 Å². The number of piperidine rings is 1. The predicted octanol–water partition coefficient (Wildman–Crippen LogP) is 2.05. The van der Waals surface area contributed by atoms with Crippen LogP contribution in [0.3, 0.4) is 0 Å². The van der Waals surface area contributed by atoms with Crippen LogP contribution in [0.25, 0.3) is 5.57 Å². The number of nitrogens with zero attached hydrogens (tertiary/aromatic N) is 2. The Bertz CT molecular complexity index is 636. The number of carbonyl (C=O) groups is 2. The second kappa shape index (κ2) is 7.59. The van der Waals surface area contributed by atoms with Crippen molar-refractivity contribution < 1.29 is 19.5 Å². The van der Waals surface area contributed by atoms with Crippen LogP contribution >= 0.6 is 0 Å². The van der Waals surface area contributed by atoms with Gasteiger partial charge in [0.05, 0.1) is 12.2 Å². The minimum atomic E-state index is -0.795. The number of likely N-dealkylation sites (tertiary alicyclic amines) is 1. The van der Waals surface area contributed by atoms with Gasteiger partial charge in [0.2, 0.25) is 5.76 Å². The number of imide groups is 1. The average molecular weight is 330 g/mol. The Morgan fingerprint density at radius 2 is 1.71 bits per heavy atom. The normalized spacial score (nSPS) is 19.3. The summed E-state index contributed by atoms with van der Waals surface area (Å²) in [5.74, 6) is -1.60. The van der Waals surface area contributed by atoms with Gasteiger partial charge in [-0.05, 0) is 37.9 Å². The molecule has 1 aromatic rings. The molecule has 0 aliphatic carbocycles. The molecule has 6 nitrogen and oxygen atoms in total. The van der Waals surface area contributed by atoms with E-state index in [1.807, 2.05) is 6.07 Å². The van der Waals surface area contributed by atoms with E-state index in [0.717, 1.165) is 26.1 Å². The van der Waals surface area contributed by atoms with E-state index in [-0.39, 0.29) is 16.4 Å². The van der Waals surface area contributed by atoms with Crippen molar-refractivity contribution in [3.63, 3.8) is 0 Å². The van der Waals surface area contributed by atoms with Crippen molar-refractivity contribution in [2.24, 2.45) is 0 Å². The van der Waals surface area contributed by atoms with E-state index in [1.54, 1.807) is 24.3 Å². The molecule has 0 saturated carbocycles. The lowest BCUT2D eigenvalue weighted by atomic mass is 10.1. The summed E-state index contributed by atoms with van der Waals surface area (Å²) < 4.78 is 5.60. The van der Waals surface area contributed by atoms with Crippen molar-refractivity contribution in [2.75, 3.05) is 26.2 Å². The highest BCUT2D eigenvalue weighted by atomic mass is 16.5. The first kappa shape index (κ1) is 16.7. The van der Waals surface area contributed by atoms with Crippen LogP contribution in [-0.4, -0.2) is 53.2 Å². The molecule has 1 fully saturated rings. The zero-order chi connectivity index (χ0) is 16.9. The fourth-order valence-electron chi connectivity index (χ4n) is 3.14. The Morgan fingerprint density at radius 3 is 2.42 bits per heavy atom. The van der Waals surface area contributed by atoms with Crippen LogP contribution in [0.2, 0.25) is 0 Å². The molecule has 6 heteroatoms. The molecular formula is C18H22N2O4. The number of carbonyl (C=O) groups excluding carboxylic acids is 2. The van der Waals surface area contributed by atoms with E-state index in [4.69, 9.17) is 4.74 Å². The number of hydrogen-bond acceptors (Lipinski definition) is 5. The number of hydrogen-bond donors (Lipinski definition) is 1. The summed E-state index contributed by atoms with van der Waals surface area (Å²) in [4.78, 5) is 26.6. The second-order valence-electron chi connectivity index (χ2n) is 6.10. The van der Waals surface area contributed by atoms with Crippen LogP contribution in [0, 0.1) is 0 Å². The quantitative estimate of drug-likeness (QED) is 0.491. The molecule has 0 aromatic heterocycles. The zero-order valence-corrected chi connectivity index (χ0v) is 13.6. The Balaban J connectivity index is 1.65. The van der Waals surface area contributed by atoms with Crippen LogP contribution in [0.15, 0.2) is 36.1 Å². The highest BCUT2D eigenvalue weighted by Crippen LogP contribution is 2.29. The number of ether oxygens (including phenoxy) is 1. The van der Waals surface area contributed by atoms with E-state index in [1.165, 1.54) is 19.3 Å². The summed E-state index contributed by atoms with van der Waals surface area (Å²) in [6.45, 7) is 3.48. The maximum Gasteiger partial charge on any atom is 0.320 e. The molecular weight excluding hydrogens is 308 g/mol. The Hall–Kier alpha value is -2.18. The van der Waals surface area contributed by atoms with Gasteiger partial charge in [0.25, 0.3) is 5.91 Å². The molecule has 2 aliphatic rings. The van der Waals surface area contributed by atoms with Crippen molar-refractivity contribution >= 4 is 17.4 Å². The first-order chi connectivity index (χ1) is 11.7. The fourth-order valence-corrected chi connectivity index (χ4v) is 3.14. The van der Waals surface area contributed by atoms with Crippen molar-refractivity contribution in [3.8, 4) is 0 Å². The third kappa shape index (κ3) is 3.49. The van der Waals surface area contributed by atoms with Crippen molar-refractivity contribution in [3.05, 3.63) is 41.7 Å². The van der Waals surface area contributed by atoms with Gasteiger partial charge in [-0.15, -0.1) is 5.06 Å². The second-order valence-corrected chi connectivity index (χ2v) is 6.10. The molecule has 0 atom stereocenters. The minimum Gasteiger partial charge on any atom is -0.487 e. The minimum absolute atomic E-state index is 0.0626. The lowest BCUT2D eigenvalue weighted by Gasteiger charge is -2.26. The van der Waals surface area contributed by atoms with Crippen LogP contribution in [0.5, 0.6) is 0 Å². The van der Waals surface area contributed by atoms with Crippen LogP contribution < -0.4 is 0 Å². The Kier molecular flexibility index (Phi) is 5.27. The molecule has 0 radical (unpaired) electrons. The summed E-state index contributed by atoms with van der Waals surface area (Å²) in [5.41, 5.74) is 0.694. The number of hydroxylamine groups is 2. The first-order valence-electron chi connectivity index (χ1n) is 8.41. The summed E-state index contributed by atoms with van der Waals surface area (Å²) in [6.07, 6.45) is 4.54. The molecule has 24 heavy (non-hydrogen) atoms. The largest absolute Gasteiger partial charge is 0.487 e. The standard InChI is InChI=1S/C18H22N2O4/c21-17-15(14-8-3-1-4-9-14)16(18(22)20(17)23)24-13-7-12-19-10-5-2-6-11-19/h1,3-4,8-9,23H,2,5-7,10-13H2. The van der Waals surface area contributed by atoms with Gasteiger partial charge in [0.15, 0.2) is 0 Å². The Labute approximate surface area is 141 Å². The first-order valence-corrected chi connectivity index (χ1v) is 8.41. The van der Waals surface area contributed by atoms with Gasteiger partial charge < -0.3 is 9.64 Å². The maximum atomic E-state index is 12.1. The van der Waals surface area contributed by atoms with Gasteiger partial charge in [0, 0.05) is 6.54 Å². The van der Waals surface area contributed by atoms with Gasteiger partial charge in [-0.25, -0.2) is 0 Å². The van der Waals surface area contributed by atoms with Crippen molar-refractivity contribution in [1.29, 1.82) is 0 Å². The van der Waals surface area contributed by atoms with Gasteiger partial charge in [-0.2, -0.15) is 0 Å². The maximum absolute atomic E-state index is 12.1. The lowest BCUT2D eigenvalue weighted by molar-refractivity contribution is -0.171. The number of benzene rings is 1. The van der Waals surface area contributed by atoms with E-state index < -0.39 is 11.8 Å². The summed E-state index contributed by atoms with van der Waals surface area (Å²) in [6, 6.07) is 8.80. The molecule has 1 aromatic carbocycles. The third-order valence-electron chi connectivity index (χ3n) is 4.40. The van der Waals surface area contributed by atoms with Crippen LogP contribution in [0.1, 0.15) is 31.2 Å². The van der Waals surface area contributed by atoms with Gasteiger partial charge in [-0.3, -0.25) is 14.8 Å². The van der Waals surface area contributed by atoms with E-state index in [9.17, 15) is 14.8 Å². The van der Waals surface area contributed by atoms with E-state index in [0.29, 0.717) is 12.2 Å². The van der Waals surface area contributed by atoms with E-state index >= 15 is 0 Å². The predicted molar refractivity (Wildman–Crippen MR) is 87.9 cm³/mol. The van der Waals surface area contributed by atoms with Crippen LogP contribution in [-0.2, 0) is 14.3 Å². The zero-order valence-electron chi connectivity index (χ0n) is 13.6. The van der Waals surface area contributed by atoms with Crippen molar-refractivity contribution in [1.82, 2.24) is 9.96 Å². The summed E-state index contributed by atoms with van der Waals surface area (Å²) in [7, 11) is 0. The van der Waals surface area contributed by atoms with Gasteiger partial charge in [-0.1, -0.05) is 36.8 Å². The third-order valence-corrected chi connectivity index (χ3v) is 4.40. The molecule has 0 unspecified atom stereocenters. The fraction of sp³-hybridized carbons (Fsp3) is 0.444. The van der Waals surface area contributed by atoms with Crippen molar-refractivity contribution in [2.45, 2.75) is 25.7 Å². The average Bonchev–Trinajstić information content (AvgIpc) is 2.84. The molecule has 128 valence electrons. The SMILES string of the molecule is O=C1C(OCCCN2CCCCC2)=C(c2ccccc2)C(=O)N1O. The van der Waals surface area contributed by atoms with Gasteiger partial charge >= 0.3 is 5.91 Å². The molecule has 1 N–H and O–H groups in total. The highest BCUT2D eigenvalue weighted by molar-refractivity contribution is 6.34. The van der Waals surface area contributed by atoms with E-state index in [2.05, 4.69) is 4.90 Å². The molecule has 2 amide bonds. The molecule has 2 heterocycles. The number of amides is 2. The molecule has 3 rings (SSSR count). The smallest absolute Gasteiger partial charge is 0.320 e. The summed E-state index contributed by atoms with van der Waals surface area (Å²) >= 11 is 0.